The van der Waals surface area contributed by atoms with Crippen LogP contribution in [0.3, 0.4) is 0 Å². The molecule has 1 aliphatic rings. The largest absolute Gasteiger partial charge is 0.480 e. The third-order valence-corrected chi connectivity index (χ3v) is 3.65. The summed E-state index contributed by atoms with van der Waals surface area (Å²) in [5, 5.41) is 0. The van der Waals surface area contributed by atoms with Crippen molar-refractivity contribution in [2.24, 2.45) is 0 Å². The van der Waals surface area contributed by atoms with Gasteiger partial charge in [-0.2, -0.15) is 0 Å². The van der Waals surface area contributed by atoms with Gasteiger partial charge in [0.2, 0.25) is 0 Å². The Kier molecular flexibility index (Phi) is 3.35. The maximum Gasteiger partial charge on any atom is 0.144 e. The minimum absolute atomic E-state index is 0.381. The van der Waals surface area contributed by atoms with Crippen molar-refractivity contribution in [2.75, 3.05) is 5.75 Å². The quantitative estimate of drug-likeness (QED) is 0.734. The molecule has 1 saturated heterocycles. The number of benzene rings is 1. The molecule has 1 nitrogen and oxygen atoms in total. The van der Waals surface area contributed by atoms with Crippen molar-refractivity contribution in [2.45, 2.75) is 31.6 Å². The molecule has 1 fully saturated rings. The van der Waals surface area contributed by atoms with E-state index in [9.17, 15) is 0 Å². The maximum atomic E-state index is 5.87. The zero-order chi connectivity index (χ0) is 9.80. The number of hydrogen-bond donors (Lipinski definition) is 0. The molecule has 1 unspecified atom stereocenters. The Hall–Kier alpha value is -0.630. The molecule has 2 rings (SSSR count). The molecule has 0 aromatic heterocycles. The molecule has 1 aliphatic heterocycles. The van der Waals surface area contributed by atoms with Gasteiger partial charge < -0.3 is 4.74 Å². The lowest BCUT2D eigenvalue weighted by molar-refractivity contribution is 0.268. The molecule has 1 heterocycles. The van der Waals surface area contributed by atoms with E-state index in [4.69, 9.17) is 4.74 Å². The summed E-state index contributed by atoms with van der Waals surface area (Å²) in [7, 11) is 0. The molecule has 0 saturated carbocycles. The van der Waals surface area contributed by atoms with Crippen LogP contribution in [0.5, 0.6) is 5.75 Å². The standard InChI is InChI=1S/C12H16OS/c1-10-5-7-11(8-6-10)13-12-4-2-3-9-14-12/h5-8,12H,2-4,9H2,1H3. The zero-order valence-electron chi connectivity index (χ0n) is 8.53. The van der Waals surface area contributed by atoms with Crippen LogP contribution in [0.25, 0.3) is 0 Å². The van der Waals surface area contributed by atoms with Crippen molar-refractivity contribution in [1.29, 1.82) is 0 Å². The molecular formula is C12H16OS. The highest BCUT2D eigenvalue weighted by Crippen LogP contribution is 2.27. The summed E-state index contributed by atoms with van der Waals surface area (Å²) in [6.07, 6.45) is 3.85. The van der Waals surface area contributed by atoms with Gasteiger partial charge >= 0.3 is 0 Å². The molecular weight excluding hydrogens is 192 g/mol. The summed E-state index contributed by atoms with van der Waals surface area (Å²) in [4.78, 5) is 0. The SMILES string of the molecule is Cc1ccc(OC2CCCCS2)cc1. The van der Waals surface area contributed by atoms with Gasteiger partial charge in [0.25, 0.3) is 0 Å². The first kappa shape index (κ1) is 9.91. The van der Waals surface area contributed by atoms with Crippen LogP contribution in [0, 0.1) is 6.92 Å². The zero-order valence-corrected chi connectivity index (χ0v) is 9.35. The fraction of sp³-hybridized carbons (Fsp3) is 0.500. The molecule has 0 radical (unpaired) electrons. The van der Waals surface area contributed by atoms with Crippen LogP contribution in [0.1, 0.15) is 24.8 Å². The van der Waals surface area contributed by atoms with Gasteiger partial charge in [0, 0.05) is 0 Å². The molecule has 1 atom stereocenters. The number of hydrogen-bond acceptors (Lipinski definition) is 2. The molecule has 0 amide bonds. The molecule has 0 bridgehead atoms. The summed E-state index contributed by atoms with van der Waals surface area (Å²) >= 11 is 1.94. The van der Waals surface area contributed by atoms with Gasteiger partial charge in [-0.15, -0.1) is 11.8 Å². The van der Waals surface area contributed by atoms with Crippen LogP contribution >= 0.6 is 11.8 Å². The minimum atomic E-state index is 0.381. The molecule has 0 N–H and O–H groups in total. The molecule has 0 aliphatic carbocycles. The Balaban J connectivity index is 1.92. The molecule has 2 heteroatoms. The smallest absolute Gasteiger partial charge is 0.144 e. The Bertz CT molecular complexity index is 275. The lowest BCUT2D eigenvalue weighted by atomic mass is 10.2. The van der Waals surface area contributed by atoms with E-state index in [-0.39, 0.29) is 0 Å². The minimum Gasteiger partial charge on any atom is -0.480 e. The highest BCUT2D eigenvalue weighted by atomic mass is 32.2. The fourth-order valence-corrected chi connectivity index (χ4v) is 2.72. The third kappa shape index (κ3) is 2.68. The number of rotatable bonds is 2. The van der Waals surface area contributed by atoms with Crippen LogP contribution in [-0.2, 0) is 0 Å². The van der Waals surface area contributed by atoms with E-state index in [1.165, 1.54) is 30.6 Å². The lowest BCUT2D eigenvalue weighted by Gasteiger charge is -2.22. The highest BCUT2D eigenvalue weighted by Gasteiger charge is 2.14. The molecule has 0 spiro atoms. The van der Waals surface area contributed by atoms with E-state index in [0.717, 1.165) is 5.75 Å². The van der Waals surface area contributed by atoms with Crippen molar-refractivity contribution < 1.29 is 4.74 Å². The van der Waals surface area contributed by atoms with Gasteiger partial charge in [-0.05, 0) is 44.1 Å². The van der Waals surface area contributed by atoms with Gasteiger partial charge in [0.15, 0.2) is 0 Å². The Morgan fingerprint density at radius 2 is 2.00 bits per heavy atom. The molecule has 1 aromatic carbocycles. The van der Waals surface area contributed by atoms with E-state index in [1.54, 1.807) is 0 Å². The second-order valence-electron chi connectivity index (χ2n) is 3.73. The predicted octanol–water partition coefficient (Wildman–Crippen LogP) is 3.62. The summed E-state index contributed by atoms with van der Waals surface area (Å²) in [6, 6.07) is 8.32. The summed E-state index contributed by atoms with van der Waals surface area (Å²) in [5.74, 6) is 2.26. The highest BCUT2D eigenvalue weighted by molar-refractivity contribution is 7.99. The van der Waals surface area contributed by atoms with Gasteiger partial charge in [0.1, 0.15) is 11.2 Å². The van der Waals surface area contributed by atoms with E-state index in [0.29, 0.717) is 5.44 Å². The van der Waals surface area contributed by atoms with Gasteiger partial charge in [-0.3, -0.25) is 0 Å². The second-order valence-corrected chi connectivity index (χ2v) is 4.99. The third-order valence-electron chi connectivity index (χ3n) is 2.43. The van der Waals surface area contributed by atoms with Crippen molar-refractivity contribution in [3.8, 4) is 5.75 Å². The monoisotopic (exact) mass is 208 g/mol. The van der Waals surface area contributed by atoms with Crippen molar-refractivity contribution in [3.63, 3.8) is 0 Å². The Labute approximate surface area is 89.9 Å². The van der Waals surface area contributed by atoms with Gasteiger partial charge in [0.05, 0.1) is 0 Å². The van der Waals surface area contributed by atoms with Gasteiger partial charge in [-0.25, -0.2) is 0 Å². The van der Waals surface area contributed by atoms with Crippen molar-refractivity contribution >= 4 is 11.8 Å². The van der Waals surface area contributed by atoms with E-state index < -0.39 is 0 Å². The summed E-state index contributed by atoms with van der Waals surface area (Å²) < 4.78 is 5.87. The molecule has 1 aromatic rings. The van der Waals surface area contributed by atoms with Crippen LogP contribution in [0.15, 0.2) is 24.3 Å². The predicted molar refractivity (Wildman–Crippen MR) is 61.9 cm³/mol. The van der Waals surface area contributed by atoms with Crippen LogP contribution < -0.4 is 4.74 Å². The second kappa shape index (κ2) is 4.74. The number of aryl methyl sites for hydroxylation is 1. The van der Waals surface area contributed by atoms with Crippen LogP contribution in [0.2, 0.25) is 0 Å². The van der Waals surface area contributed by atoms with Crippen LogP contribution in [-0.4, -0.2) is 11.2 Å². The summed E-state index contributed by atoms with van der Waals surface area (Å²) in [6.45, 7) is 2.10. The Morgan fingerprint density at radius 3 is 2.64 bits per heavy atom. The van der Waals surface area contributed by atoms with Crippen molar-refractivity contribution in [1.82, 2.24) is 0 Å². The normalized spacial score (nSPS) is 21.9. The van der Waals surface area contributed by atoms with E-state index in [1.807, 2.05) is 11.8 Å². The Morgan fingerprint density at radius 1 is 1.21 bits per heavy atom. The maximum absolute atomic E-state index is 5.87. The molecule has 14 heavy (non-hydrogen) atoms. The van der Waals surface area contributed by atoms with Crippen molar-refractivity contribution in [3.05, 3.63) is 29.8 Å². The first-order chi connectivity index (χ1) is 6.84. The van der Waals surface area contributed by atoms with E-state index in [2.05, 4.69) is 31.2 Å². The average molecular weight is 208 g/mol. The summed E-state index contributed by atoms with van der Waals surface area (Å²) in [5.41, 5.74) is 1.67. The average Bonchev–Trinajstić information content (AvgIpc) is 2.23. The van der Waals surface area contributed by atoms with Gasteiger partial charge in [-0.1, -0.05) is 17.7 Å². The first-order valence-corrected chi connectivity index (χ1v) is 6.24. The first-order valence-electron chi connectivity index (χ1n) is 5.19. The topological polar surface area (TPSA) is 9.23 Å². The van der Waals surface area contributed by atoms with E-state index >= 15 is 0 Å². The molecule has 76 valence electrons. The lowest BCUT2D eigenvalue weighted by Crippen LogP contribution is -2.16. The number of ether oxygens (including phenoxy) is 1. The van der Waals surface area contributed by atoms with Crippen LogP contribution in [0.4, 0.5) is 0 Å². The number of thioether (sulfide) groups is 1. The fourth-order valence-electron chi connectivity index (χ4n) is 1.57.